The van der Waals surface area contributed by atoms with Gasteiger partial charge in [-0.15, -0.1) is 0 Å². The zero-order valence-corrected chi connectivity index (χ0v) is 17.2. The molecule has 10 nitrogen and oxygen atoms in total. The highest BCUT2D eigenvalue weighted by Crippen LogP contribution is 2.34. The van der Waals surface area contributed by atoms with Crippen molar-refractivity contribution in [3.63, 3.8) is 0 Å². The second-order valence-corrected chi connectivity index (χ2v) is 6.77. The minimum atomic E-state index is -0.536. The summed E-state index contributed by atoms with van der Waals surface area (Å²) in [5.74, 6) is 0.254. The van der Waals surface area contributed by atoms with Crippen LogP contribution in [0.15, 0.2) is 47.6 Å². The number of hydrogen-bond donors (Lipinski definition) is 1. The van der Waals surface area contributed by atoms with E-state index in [1.165, 1.54) is 25.5 Å². The van der Waals surface area contributed by atoms with Crippen LogP contribution in [0.2, 0.25) is 0 Å². The van der Waals surface area contributed by atoms with E-state index in [4.69, 9.17) is 14.2 Å². The number of carbonyl (C=O) groups excluding carboxylic acids is 1. The molecule has 31 heavy (non-hydrogen) atoms. The van der Waals surface area contributed by atoms with Gasteiger partial charge < -0.3 is 14.2 Å². The molecule has 1 fully saturated rings. The minimum Gasteiger partial charge on any atom is -0.493 e. The zero-order chi connectivity index (χ0) is 22.1. The first-order valence-electron chi connectivity index (χ1n) is 9.72. The molecule has 2 aromatic rings. The van der Waals surface area contributed by atoms with Gasteiger partial charge in [0.05, 0.1) is 49.6 Å². The largest absolute Gasteiger partial charge is 0.493 e. The Morgan fingerprint density at radius 1 is 1.26 bits per heavy atom. The van der Waals surface area contributed by atoms with Crippen LogP contribution in [-0.4, -0.2) is 61.9 Å². The summed E-state index contributed by atoms with van der Waals surface area (Å²) in [5, 5.41) is 15.4. The second kappa shape index (κ2) is 11.0. The maximum absolute atomic E-state index is 12.0. The van der Waals surface area contributed by atoms with E-state index in [1.807, 2.05) is 35.2 Å². The molecule has 0 unspecified atom stereocenters. The normalized spacial score (nSPS) is 14.4. The van der Waals surface area contributed by atoms with Gasteiger partial charge in [0, 0.05) is 13.1 Å². The summed E-state index contributed by atoms with van der Waals surface area (Å²) in [6.45, 7) is 2.93. The first-order valence-corrected chi connectivity index (χ1v) is 9.72. The second-order valence-electron chi connectivity index (χ2n) is 6.77. The highest BCUT2D eigenvalue weighted by atomic mass is 16.6. The summed E-state index contributed by atoms with van der Waals surface area (Å²) in [4.78, 5) is 25.0. The lowest BCUT2D eigenvalue weighted by molar-refractivity contribution is -0.385. The Kier molecular flexibility index (Phi) is 7.91. The van der Waals surface area contributed by atoms with E-state index in [0.29, 0.717) is 32.1 Å². The Hall–Kier alpha value is -3.50. The number of rotatable bonds is 9. The van der Waals surface area contributed by atoms with Crippen molar-refractivity contribution < 1.29 is 23.9 Å². The minimum absolute atomic E-state index is 0.179. The van der Waals surface area contributed by atoms with E-state index in [0.717, 1.165) is 5.56 Å². The summed E-state index contributed by atoms with van der Waals surface area (Å²) in [6, 6.07) is 12.2. The van der Waals surface area contributed by atoms with Gasteiger partial charge in [0.1, 0.15) is 6.61 Å². The van der Waals surface area contributed by atoms with Crippen molar-refractivity contribution in [2.75, 3.05) is 40.0 Å². The SMILES string of the molecule is COc1cc(/C=N\NC(=O)CN2CCOCC2)c([N+](=O)[O-])cc1OCc1ccccc1. The smallest absolute Gasteiger partial charge is 0.282 e. The number of nitrogens with zero attached hydrogens (tertiary/aromatic N) is 3. The summed E-state index contributed by atoms with van der Waals surface area (Å²) in [6.07, 6.45) is 1.22. The van der Waals surface area contributed by atoms with Crippen LogP contribution in [0.4, 0.5) is 5.69 Å². The molecule has 0 radical (unpaired) electrons. The monoisotopic (exact) mass is 428 g/mol. The topological polar surface area (TPSA) is 116 Å². The third kappa shape index (κ3) is 6.49. The molecule has 1 aliphatic rings. The maximum Gasteiger partial charge on any atom is 0.282 e. The zero-order valence-electron chi connectivity index (χ0n) is 17.2. The molecule has 3 rings (SSSR count). The van der Waals surface area contributed by atoms with Gasteiger partial charge in [-0.05, 0) is 11.6 Å². The average molecular weight is 428 g/mol. The predicted octanol–water partition coefficient (Wildman–Crippen LogP) is 1.96. The molecule has 1 saturated heterocycles. The number of methoxy groups -OCH3 is 1. The van der Waals surface area contributed by atoms with Gasteiger partial charge in [-0.25, -0.2) is 5.43 Å². The molecular formula is C21H24N4O6. The van der Waals surface area contributed by atoms with Crippen LogP contribution >= 0.6 is 0 Å². The van der Waals surface area contributed by atoms with Gasteiger partial charge in [-0.2, -0.15) is 5.10 Å². The molecular weight excluding hydrogens is 404 g/mol. The molecule has 0 aliphatic carbocycles. The third-order valence-corrected chi connectivity index (χ3v) is 4.61. The molecule has 0 atom stereocenters. The van der Waals surface area contributed by atoms with Crippen molar-refractivity contribution >= 4 is 17.8 Å². The van der Waals surface area contributed by atoms with Crippen molar-refractivity contribution in [3.05, 3.63) is 63.7 Å². The van der Waals surface area contributed by atoms with Crippen molar-refractivity contribution in [2.45, 2.75) is 6.61 Å². The van der Waals surface area contributed by atoms with Crippen molar-refractivity contribution in [1.29, 1.82) is 0 Å². The van der Waals surface area contributed by atoms with E-state index >= 15 is 0 Å². The first kappa shape index (κ1) is 22.2. The van der Waals surface area contributed by atoms with E-state index in [-0.39, 0.29) is 36.1 Å². The van der Waals surface area contributed by atoms with Crippen LogP contribution in [-0.2, 0) is 16.1 Å². The molecule has 0 spiro atoms. The Morgan fingerprint density at radius 2 is 2.00 bits per heavy atom. The van der Waals surface area contributed by atoms with Crippen LogP contribution in [0.5, 0.6) is 11.5 Å². The molecule has 1 amide bonds. The number of nitro groups is 1. The van der Waals surface area contributed by atoms with Crippen LogP contribution in [0.3, 0.4) is 0 Å². The lowest BCUT2D eigenvalue weighted by Gasteiger charge is -2.25. The fourth-order valence-electron chi connectivity index (χ4n) is 3.01. The highest BCUT2D eigenvalue weighted by molar-refractivity contribution is 5.88. The van der Waals surface area contributed by atoms with E-state index in [2.05, 4.69) is 10.5 Å². The Bertz CT molecular complexity index is 929. The Balaban J connectivity index is 1.69. The summed E-state index contributed by atoms with van der Waals surface area (Å²) in [5.41, 5.74) is 3.28. The molecule has 0 aromatic heterocycles. The first-order chi connectivity index (χ1) is 15.1. The van der Waals surface area contributed by atoms with Gasteiger partial charge in [0.15, 0.2) is 11.5 Å². The summed E-state index contributed by atoms with van der Waals surface area (Å²) in [7, 11) is 1.45. The lowest BCUT2D eigenvalue weighted by atomic mass is 10.1. The van der Waals surface area contributed by atoms with Gasteiger partial charge in [-0.3, -0.25) is 19.8 Å². The summed E-state index contributed by atoms with van der Waals surface area (Å²) >= 11 is 0. The average Bonchev–Trinajstić information content (AvgIpc) is 2.79. The molecule has 0 saturated carbocycles. The van der Waals surface area contributed by atoms with Crippen LogP contribution in [0.1, 0.15) is 11.1 Å². The molecule has 10 heteroatoms. The van der Waals surface area contributed by atoms with E-state index in [9.17, 15) is 14.9 Å². The van der Waals surface area contributed by atoms with Crippen molar-refractivity contribution in [3.8, 4) is 11.5 Å². The Morgan fingerprint density at radius 3 is 2.68 bits per heavy atom. The highest BCUT2D eigenvalue weighted by Gasteiger charge is 2.19. The summed E-state index contributed by atoms with van der Waals surface area (Å²) < 4.78 is 16.3. The van der Waals surface area contributed by atoms with Gasteiger partial charge in [0.25, 0.3) is 11.6 Å². The van der Waals surface area contributed by atoms with Gasteiger partial charge in [0.2, 0.25) is 0 Å². The van der Waals surface area contributed by atoms with Crippen molar-refractivity contribution in [2.24, 2.45) is 5.10 Å². The molecule has 1 N–H and O–H groups in total. The lowest BCUT2D eigenvalue weighted by Crippen LogP contribution is -2.42. The van der Waals surface area contributed by atoms with Crippen LogP contribution < -0.4 is 14.9 Å². The number of ether oxygens (including phenoxy) is 3. The number of morpholine rings is 1. The third-order valence-electron chi connectivity index (χ3n) is 4.61. The van der Waals surface area contributed by atoms with Gasteiger partial charge >= 0.3 is 0 Å². The van der Waals surface area contributed by atoms with E-state index < -0.39 is 4.92 Å². The molecule has 0 bridgehead atoms. The Labute approximate surface area is 179 Å². The number of hydrazone groups is 1. The fraction of sp³-hybridized carbons (Fsp3) is 0.333. The number of hydrogen-bond acceptors (Lipinski definition) is 8. The van der Waals surface area contributed by atoms with Gasteiger partial charge in [-0.1, -0.05) is 30.3 Å². The fourth-order valence-corrected chi connectivity index (χ4v) is 3.01. The molecule has 1 aliphatic heterocycles. The quantitative estimate of drug-likeness (QED) is 0.369. The number of benzene rings is 2. The van der Waals surface area contributed by atoms with Crippen molar-refractivity contribution in [1.82, 2.24) is 10.3 Å². The predicted molar refractivity (Wildman–Crippen MR) is 113 cm³/mol. The van der Waals surface area contributed by atoms with Crippen LogP contribution in [0.25, 0.3) is 0 Å². The van der Waals surface area contributed by atoms with E-state index in [1.54, 1.807) is 0 Å². The molecule has 1 heterocycles. The van der Waals surface area contributed by atoms with Crippen LogP contribution in [0, 0.1) is 10.1 Å². The maximum atomic E-state index is 12.0. The number of amides is 1. The number of carbonyl (C=O) groups is 1. The molecule has 2 aromatic carbocycles. The molecule has 164 valence electrons. The number of nitro benzene ring substituents is 1. The number of nitrogens with one attached hydrogen (secondary N) is 1. The standard InChI is InChI=1S/C21H24N4O6/c1-29-19-11-17(13-22-23-21(26)14-24-7-9-30-10-8-24)18(25(27)28)12-20(19)31-15-16-5-3-2-4-6-16/h2-6,11-13H,7-10,14-15H2,1H3,(H,23,26)/b22-13-.